The van der Waals surface area contributed by atoms with Crippen LogP contribution in [0.5, 0.6) is 0 Å². The van der Waals surface area contributed by atoms with E-state index in [1.54, 1.807) is 0 Å². The normalized spacial score (nSPS) is 39.5. The van der Waals surface area contributed by atoms with Crippen molar-refractivity contribution in [3.63, 3.8) is 0 Å². The van der Waals surface area contributed by atoms with Crippen LogP contribution in [0.2, 0.25) is 0 Å². The fourth-order valence-electron chi connectivity index (χ4n) is 2.61. The minimum atomic E-state index is -0.643. The van der Waals surface area contributed by atoms with Crippen molar-refractivity contribution in [2.45, 2.75) is 31.2 Å². The van der Waals surface area contributed by atoms with Crippen molar-refractivity contribution in [2.75, 3.05) is 13.2 Å². The number of hydrogen-bond donors (Lipinski definition) is 3. The maximum atomic E-state index is 11.0. The van der Waals surface area contributed by atoms with Crippen LogP contribution in [0.1, 0.15) is 25.7 Å². The van der Waals surface area contributed by atoms with Crippen LogP contribution in [0.25, 0.3) is 0 Å². The lowest BCUT2D eigenvalue weighted by Crippen LogP contribution is -2.54. The zero-order valence-electron chi connectivity index (χ0n) is 7.68. The zero-order chi connectivity index (χ0) is 9.31. The summed E-state index contributed by atoms with van der Waals surface area (Å²) in [5.41, 5.74) is -0.149. The number of carboxylic acids is 1. The SMILES string of the molecule is O=C(O)C1CCCCC12CNCN2. The predicted molar refractivity (Wildman–Crippen MR) is 48.3 cm³/mol. The van der Waals surface area contributed by atoms with Gasteiger partial charge >= 0.3 is 5.97 Å². The highest BCUT2D eigenvalue weighted by Crippen LogP contribution is 2.34. The van der Waals surface area contributed by atoms with E-state index in [4.69, 9.17) is 5.11 Å². The molecule has 0 radical (unpaired) electrons. The molecule has 1 heterocycles. The Morgan fingerprint density at radius 2 is 2.31 bits per heavy atom. The Labute approximate surface area is 77.7 Å². The van der Waals surface area contributed by atoms with Gasteiger partial charge < -0.3 is 10.4 Å². The fourth-order valence-corrected chi connectivity index (χ4v) is 2.61. The van der Waals surface area contributed by atoms with Crippen LogP contribution in [0.3, 0.4) is 0 Å². The summed E-state index contributed by atoms with van der Waals surface area (Å²) in [5, 5.41) is 15.6. The smallest absolute Gasteiger partial charge is 0.308 e. The highest BCUT2D eigenvalue weighted by atomic mass is 16.4. The second-order valence-electron chi connectivity index (χ2n) is 4.07. The van der Waals surface area contributed by atoms with Gasteiger partial charge in [-0.15, -0.1) is 0 Å². The number of nitrogens with one attached hydrogen (secondary N) is 2. The summed E-state index contributed by atoms with van der Waals surface area (Å²) in [5.74, 6) is -0.841. The van der Waals surface area contributed by atoms with E-state index >= 15 is 0 Å². The van der Waals surface area contributed by atoms with Crippen molar-refractivity contribution in [1.29, 1.82) is 0 Å². The highest BCUT2D eigenvalue weighted by Gasteiger charge is 2.46. The Hall–Kier alpha value is -0.610. The van der Waals surface area contributed by atoms with Crippen molar-refractivity contribution < 1.29 is 9.90 Å². The molecule has 1 aliphatic carbocycles. The molecule has 4 heteroatoms. The third kappa shape index (κ3) is 1.44. The van der Waals surface area contributed by atoms with E-state index in [-0.39, 0.29) is 11.5 Å². The van der Waals surface area contributed by atoms with Gasteiger partial charge in [0.05, 0.1) is 5.92 Å². The maximum Gasteiger partial charge on any atom is 0.308 e. The van der Waals surface area contributed by atoms with E-state index in [2.05, 4.69) is 10.6 Å². The van der Waals surface area contributed by atoms with Crippen LogP contribution < -0.4 is 10.6 Å². The highest BCUT2D eigenvalue weighted by molar-refractivity contribution is 5.72. The van der Waals surface area contributed by atoms with Gasteiger partial charge in [0.15, 0.2) is 0 Å². The largest absolute Gasteiger partial charge is 0.481 e. The molecule has 0 aromatic carbocycles. The van der Waals surface area contributed by atoms with Gasteiger partial charge in [-0.3, -0.25) is 10.1 Å². The number of aliphatic carboxylic acids is 1. The van der Waals surface area contributed by atoms with Crippen molar-refractivity contribution in [2.24, 2.45) is 5.92 Å². The molecule has 1 aliphatic heterocycles. The Morgan fingerprint density at radius 3 is 2.92 bits per heavy atom. The number of hydrogen-bond acceptors (Lipinski definition) is 3. The molecule has 0 bridgehead atoms. The first-order chi connectivity index (χ1) is 6.25. The van der Waals surface area contributed by atoms with Crippen LogP contribution in [-0.2, 0) is 4.79 Å². The molecule has 1 saturated heterocycles. The summed E-state index contributed by atoms with van der Waals surface area (Å²) in [6.45, 7) is 1.56. The molecule has 2 fully saturated rings. The average molecular weight is 184 g/mol. The van der Waals surface area contributed by atoms with Gasteiger partial charge in [0.25, 0.3) is 0 Å². The summed E-state index contributed by atoms with van der Waals surface area (Å²) in [7, 11) is 0. The summed E-state index contributed by atoms with van der Waals surface area (Å²) in [6, 6.07) is 0. The first-order valence-electron chi connectivity index (χ1n) is 4.93. The molecule has 2 rings (SSSR count). The maximum absolute atomic E-state index is 11.0. The third-order valence-electron chi connectivity index (χ3n) is 3.34. The van der Waals surface area contributed by atoms with Crippen molar-refractivity contribution in [3.05, 3.63) is 0 Å². The van der Waals surface area contributed by atoms with Gasteiger partial charge in [-0.05, 0) is 12.8 Å². The van der Waals surface area contributed by atoms with Gasteiger partial charge in [0.2, 0.25) is 0 Å². The number of carboxylic acid groups (broad SMARTS) is 1. The van der Waals surface area contributed by atoms with Crippen molar-refractivity contribution >= 4 is 5.97 Å². The van der Waals surface area contributed by atoms with E-state index in [9.17, 15) is 4.79 Å². The lowest BCUT2D eigenvalue weighted by Gasteiger charge is -2.38. The first kappa shape index (κ1) is 8.97. The van der Waals surface area contributed by atoms with Crippen LogP contribution in [-0.4, -0.2) is 29.8 Å². The Bertz CT molecular complexity index is 212. The lowest BCUT2D eigenvalue weighted by molar-refractivity contribution is -0.145. The first-order valence-corrected chi connectivity index (χ1v) is 4.93. The Kier molecular flexibility index (Phi) is 2.26. The van der Waals surface area contributed by atoms with Gasteiger partial charge in [0.1, 0.15) is 0 Å². The van der Waals surface area contributed by atoms with E-state index < -0.39 is 5.97 Å². The van der Waals surface area contributed by atoms with E-state index in [1.807, 2.05) is 0 Å². The van der Waals surface area contributed by atoms with Crippen LogP contribution in [0.15, 0.2) is 0 Å². The number of carbonyl (C=O) groups is 1. The van der Waals surface area contributed by atoms with Crippen LogP contribution in [0.4, 0.5) is 0 Å². The van der Waals surface area contributed by atoms with E-state index in [0.29, 0.717) is 0 Å². The molecule has 74 valence electrons. The molecular weight excluding hydrogens is 168 g/mol. The molecule has 0 aromatic heterocycles. The molecule has 1 spiro atoms. The molecule has 0 aromatic rings. The quantitative estimate of drug-likeness (QED) is 0.543. The molecule has 13 heavy (non-hydrogen) atoms. The second kappa shape index (κ2) is 3.27. The fraction of sp³-hybridized carbons (Fsp3) is 0.889. The van der Waals surface area contributed by atoms with Crippen molar-refractivity contribution in [1.82, 2.24) is 10.6 Å². The van der Waals surface area contributed by atoms with Gasteiger partial charge in [-0.25, -0.2) is 0 Å². The molecule has 2 unspecified atom stereocenters. The molecule has 0 amide bonds. The van der Waals surface area contributed by atoms with Gasteiger partial charge in [-0.2, -0.15) is 0 Å². The molecular formula is C9H16N2O2. The summed E-state index contributed by atoms with van der Waals surface area (Å²) < 4.78 is 0. The van der Waals surface area contributed by atoms with Gasteiger partial charge in [0, 0.05) is 18.8 Å². The molecule has 2 aliphatic rings. The minimum absolute atomic E-state index is 0.149. The minimum Gasteiger partial charge on any atom is -0.481 e. The van der Waals surface area contributed by atoms with E-state index in [1.165, 1.54) is 0 Å². The predicted octanol–water partition coefficient (Wildman–Crippen LogP) is 0.150. The Morgan fingerprint density at radius 1 is 1.46 bits per heavy atom. The Balaban J connectivity index is 2.16. The standard InChI is InChI=1S/C9H16N2O2/c12-8(13)7-3-1-2-4-9(7)5-10-6-11-9/h7,10-11H,1-6H2,(H,12,13). The third-order valence-corrected chi connectivity index (χ3v) is 3.34. The van der Waals surface area contributed by atoms with Crippen LogP contribution >= 0.6 is 0 Å². The average Bonchev–Trinajstić information content (AvgIpc) is 2.54. The van der Waals surface area contributed by atoms with Crippen molar-refractivity contribution in [3.8, 4) is 0 Å². The lowest BCUT2D eigenvalue weighted by atomic mass is 9.73. The molecule has 1 saturated carbocycles. The summed E-state index contributed by atoms with van der Waals surface area (Å²) in [6.07, 6.45) is 4.03. The zero-order valence-corrected chi connectivity index (χ0v) is 7.68. The monoisotopic (exact) mass is 184 g/mol. The van der Waals surface area contributed by atoms with Gasteiger partial charge in [-0.1, -0.05) is 12.8 Å². The van der Waals surface area contributed by atoms with E-state index in [0.717, 1.165) is 38.9 Å². The molecule has 4 nitrogen and oxygen atoms in total. The number of rotatable bonds is 1. The summed E-state index contributed by atoms with van der Waals surface area (Å²) >= 11 is 0. The van der Waals surface area contributed by atoms with Crippen LogP contribution in [0, 0.1) is 5.92 Å². The second-order valence-corrected chi connectivity index (χ2v) is 4.07. The molecule has 3 N–H and O–H groups in total. The summed E-state index contributed by atoms with van der Waals surface area (Å²) in [4.78, 5) is 11.0. The molecule has 2 atom stereocenters. The topological polar surface area (TPSA) is 61.4 Å².